The summed E-state index contributed by atoms with van der Waals surface area (Å²) in [5.74, 6) is 2.23. The number of aryl methyl sites for hydroxylation is 2. The predicted octanol–water partition coefficient (Wildman–Crippen LogP) is 5.58. The number of ether oxygens (including phenoxy) is 2. The van der Waals surface area contributed by atoms with E-state index in [-0.39, 0.29) is 0 Å². The summed E-state index contributed by atoms with van der Waals surface area (Å²) < 4.78 is 14.0. The molecule has 1 unspecified atom stereocenters. The van der Waals surface area contributed by atoms with Gasteiger partial charge in [-0.3, -0.25) is 4.90 Å². The Morgan fingerprint density at radius 1 is 1.14 bits per heavy atom. The van der Waals surface area contributed by atoms with Crippen LogP contribution in [0.25, 0.3) is 11.3 Å². The molecule has 4 rings (SSSR count). The maximum absolute atomic E-state index is 10.7. The molecule has 0 saturated heterocycles. The van der Waals surface area contributed by atoms with E-state index < -0.39 is 6.10 Å². The van der Waals surface area contributed by atoms with E-state index in [1.54, 1.807) is 0 Å². The molecule has 2 aromatic carbocycles. The highest BCUT2D eigenvalue weighted by atomic mass is 16.5. The summed E-state index contributed by atoms with van der Waals surface area (Å²) in [7, 11) is 1.93. The van der Waals surface area contributed by atoms with Gasteiger partial charge in [-0.15, -0.1) is 0 Å². The van der Waals surface area contributed by atoms with Gasteiger partial charge in [-0.05, 0) is 49.8 Å². The van der Waals surface area contributed by atoms with E-state index in [0.29, 0.717) is 32.2 Å². The molecular formula is C29H39N3O3. The standard InChI is InChI=1S/C29H39N3O3/c1-4-5-16-34-21-25(33)19-32(18-23-14-15-23)20-27-28(24-11-7-6-8-12-24)30-31(3)29(27)35-26-13-9-10-22(2)17-26/h6-13,17,23,25,33H,4-5,14-16,18-21H2,1-3H3. The minimum absolute atomic E-state index is 0.367. The first-order valence-electron chi connectivity index (χ1n) is 12.9. The van der Waals surface area contributed by atoms with Crippen molar-refractivity contribution < 1.29 is 14.6 Å². The lowest BCUT2D eigenvalue weighted by Gasteiger charge is -2.25. The first-order valence-corrected chi connectivity index (χ1v) is 12.9. The Morgan fingerprint density at radius 2 is 1.94 bits per heavy atom. The molecule has 6 heteroatoms. The number of aliphatic hydroxyl groups excluding tert-OH is 1. The Balaban J connectivity index is 1.60. The molecule has 35 heavy (non-hydrogen) atoms. The molecule has 1 aliphatic carbocycles. The smallest absolute Gasteiger partial charge is 0.222 e. The average Bonchev–Trinajstić information content (AvgIpc) is 3.62. The number of hydrogen-bond donors (Lipinski definition) is 1. The van der Waals surface area contributed by atoms with Gasteiger partial charge in [0.15, 0.2) is 0 Å². The Kier molecular flexibility index (Phi) is 8.96. The molecule has 0 bridgehead atoms. The zero-order chi connectivity index (χ0) is 24.6. The van der Waals surface area contributed by atoms with Crippen molar-refractivity contribution in [1.29, 1.82) is 0 Å². The Hall–Kier alpha value is -2.67. The van der Waals surface area contributed by atoms with E-state index >= 15 is 0 Å². The van der Waals surface area contributed by atoms with Gasteiger partial charge in [-0.1, -0.05) is 55.8 Å². The molecule has 1 aromatic heterocycles. The SMILES string of the molecule is CCCCOCC(O)CN(Cc1c(-c2ccccc2)nn(C)c1Oc1cccc(C)c1)CC1CC1. The highest BCUT2D eigenvalue weighted by molar-refractivity contribution is 5.65. The van der Waals surface area contributed by atoms with Crippen molar-refractivity contribution >= 4 is 0 Å². The first kappa shape index (κ1) is 25.4. The summed E-state index contributed by atoms with van der Waals surface area (Å²) in [6.45, 7) is 7.45. The second-order valence-corrected chi connectivity index (χ2v) is 9.76. The van der Waals surface area contributed by atoms with Crippen molar-refractivity contribution in [3.63, 3.8) is 0 Å². The molecule has 1 fully saturated rings. The summed E-state index contributed by atoms with van der Waals surface area (Å²) >= 11 is 0. The van der Waals surface area contributed by atoms with Crippen molar-refractivity contribution in [3.05, 3.63) is 65.7 Å². The third-order valence-electron chi connectivity index (χ3n) is 6.36. The molecule has 3 aromatic rings. The second-order valence-electron chi connectivity index (χ2n) is 9.76. The Morgan fingerprint density at radius 3 is 2.66 bits per heavy atom. The maximum Gasteiger partial charge on any atom is 0.222 e. The third kappa shape index (κ3) is 7.40. The lowest BCUT2D eigenvalue weighted by Crippen LogP contribution is -2.36. The molecule has 6 nitrogen and oxygen atoms in total. The van der Waals surface area contributed by atoms with Crippen LogP contribution in [-0.4, -0.2) is 52.2 Å². The fourth-order valence-corrected chi connectivity index (χ4v) is 4.35. The molecule has 0 spiro atoms. The van der Waals surface area contributed by atoms with Crippen LogP contribution in [0.4, 0.5) is 0 Å². The minimum Gasteiger partial charge on any atom is -0.439 e. The summed E-state index contributed by atoms with van der Waals surface area (Å²) in [5.41, 5.74) is 4.17. The van der Waals surface area contributed by atoms with E-state index in [4.69, 9.17) is 14.6 Å². The summed E-state index contributed by atoms with van der Waals surface area (Å²) in [6, 6.07) is 18.4. The molecule has 0 radical (unpaired) electrons. The van der Waals surface area contributed by atoms with Crippen LogP contribution in [0.15, 0.2) is 54.6 Å². The summed E-state index contributed by atoms with van der Waals surface area (Å²) in [5, 5.41) is 15.6. The molecule has 1 atom stereocenters. The molecule has 1 saturated carbocycles. The van der Waals surface area contributed by atoms with Crippen LogP contribution in [-0.2, 0) is 18.3 Å². The van der Waals surface area contributed by atoms with Crippen molar-refractivity contribution in [2.24, 2.45) is 13.0 Å². The molecule has 1 aliphatic rings. The zero-order valence-corrected chi connectivity index (χ0v) is 21.3. The predicted molar refractivity (Wildman–Crippen MR) is 140 cm³/mol. The van der Waals surface area contributed by atoms with Gasteiger partial charge < -0.3 is 14.6 Å². The van der Waals surface area contributed by atoms with Gasteiger partial charge in [0.2, 0.25) is 5.88 Å². The minimum atomic E-state index is -0.524. The Bertz CT molecular complexity index is 1060. The fraction of sp³-hybridized carbons (Fsp3) is 0.483. The number of benzene rings is 2. The quantitative estimate of drug-likeness (QED) is 0.307. The normalized spacial score (nSPS) is 14.4. The number of aliphatic hydroxyl groups is 1. The number of unbranched alkanes of at least 4 members (excludes halogenated alkanes) is 1. The zero-order valence-electron chi connectivity index (χ0n) is 21.3. The molecule has 0 amide bonds. The van der Waals surface area contributed by atoms with Crippen molar-refractivity contribution in [1.82, 2.24) is 14.7 Å². The third-order valence-corrected chi connectivity index (χ3v) is 6.36. The maximum atomic E-state index is 10.7. The molecule has 188 valence electrons. The van der Waals surface area contributed by atoms with Crippen molar-refractivity contribution in [2.75, 3.05) is 26.3 Å². The van der Waals surface area contributed by atoms with Crippen LogP contribution in [0.3, 0.4) is 0 Å². The van der Waals surface area contributed by atoms with Crippen LogP contribution in [0.5, 0.6) is 11.6 Å². The molecule has 0 aliphatic heterocycles. The van der Waals surface area contributed by atoms with Gasteiger partial charge in [-0.2, -0.15) is 5.10 Å². The lowest BCUT2D eigenvalue weighted by atomic mass is 10.1. The molecule has 1 N–H and O–H groups in total. The van der Waals surface area contributed by atoms with Crippen LogP contribution in [0.2, 0.25) is 0 Å². The van der Waals surface area contributed by atoms with E-state index in [1.165, 1.54) is 12.8 Å². The van der Waals surface area contributed by atoms with E-state index in [2.05, 4.69) is 36.9 Å². The molecular weight excluding hydrogens is 438 g/mol. The average molecular weight is 478 g/mol. The van der Waals surface area contributed by atoms with E-state index in [9.17, 15) is 5.11 Å². The number of nitrogens with zero attached hydrogens (tertiary/aromatic N) is 3. The summed E-state index contributed by atoms with van der Waals surface area (Å²) in [6.07, 6.45) is 4.10. The van der Waals surface area contributed by atoms with Crippen LogP contribution in [0.1, 0.15) is 43.7 Å². The van der Waals surface area contributed by atoms with Crippen molar-refractivity contribution in [3.8, 4) is 22.9 Å². The van der Waals surface area contributed by atoms with E-state index in [1.807, 2.05) is 48.1 Å². The van der Waals surface area contributed by atoms with Gasteiger partial charge in [0.25, 0.3) is 0 Å². The lowest BCUT2D eigenvalue weighted by molar-refractivity contribution is 0.0135. The van der Waals surface area contributed by atoms with Gasteiger partial charge >= 0.3 is 0 Å². The number of hydrogen-bond acceptors (Lipinski definition) is 5. The first-order chi connectivity index (χ1) is 17.0. The van der Waals surface area contributed by atoms with Gasteiger partial charge in [0.1, 0.15) is 11.4 Å². The highest BCUT2D eigenvalue weighted by Gasteiger charge is 2.28. The number of rotatable bonds is 14. The van der Waals surface area contributed by atoms with Gasteiger partial charge in [-0.25, -0.2) is 4.68 Å². The fourth-order valence-electron chi connectivity index (χ4n) is 4.35. The number of aromatic nitrogens is 2. The summed E-state index contributed by atoms with van der Waals surface area (Å²) in [4.78, 5) is 2.35. The van der Waals surface area contributed by atoms with Crippen LogP contribution < -0.4 is 4.74 Å². The molecule has 1 heterocycles. The largest absolute Gasteiger partial charge is 0.439 e. The Labute approximate surface area is 209 Å². The van der Waals surface area contributed by atoms with Crippen LogP contribution in [0, 0.1) is 12.8 Å². The van der Waals surface area contributed by atoms with Crippen LogP contribution >= 0.6 is 0 Å². The highest BCUT2D eigenvalue weighted by Crippen LogP contribution is 2.36. The second kappa shape index (κ2) is 12.3. The van der Waals surface area contributed by atoms with E-state index in [0.717, 1.165) is 53.4 Å². The monoisotopic (exact) mass is 477 g/mol. The van der Waals surface area contributed by atoms with Crippen molar-refractivity contribution in [2.45, 2.75) is 52.2 Å². The van der Waals surface area contributed by atoms with Gasteiger partial charge in [0, 0.05) is 38.9 Å². The van der Waals surface area contributed by atoms with Gasteiger partial charge in [0.05, 0.1) is 18.3 Å². The topological polar surface area (TPSA) is 59.8 Å².